The van der Waals surface area contributed by atoms with Crippen LogP contribution in [0, 0.1) is 12.8 Å². The molecule has 53 heavy (non-hydrogen) atoms. The predicted molar refractivity (Wildman–Crippen MR) is 197 cm³/mol. The SMILES string of the molecule is COc1ccc(-c2nc(O[C@@H]3C[C@H]4C(=O)N[C@]5(C(=O)NS(=O)(=O)C6(C)CC6)C[C@H]5/C=C\CCCCN(C)C(=O)N4C3)c3ccc(OC)c(C)c3n2)cc1. The highest BCUT2D eigenvalue weighted by atomic mass is 32.2. The number of aryl methyl sites for hydroxylation is 1. The lowest BCUT2D eigenvalue weighted by Gasteiger charge is -2.30. The van der Waals surface area contributed by atoms with E-state index in [0.29, 0.717) is 47.6 Å². The molecule has 14 nitrogen and oxygen atoms in total. The first-order chi connectivity index (χ1) is 25.3. The van der Waals surface area contributed by atoms with Crippen LogP contribution in [-0.4, -0.2) is 103 Å². The van der Waals surface area contributed by atoms with E-state index in [1.807, 2.05) is 55.5 Å². The topological polar surface area (TPSA) is 169 Å². The van der Waals surface area contributed by atoms with Crippen LogP contribution in [0.1, 0.15) is 57.4 Å². The molecule has 0 radical (unpaired) electrons. The third kappa shape index (κ3) is 6.86. The van der Waals surface area contributed by atoms with Gasteiger partial charge in [0.15, 0.2) is 5.82 Å². The number of sulfonamides is 1. The normalized spacial score (nSPS) is 26.1. The lowest BCUT2D eigenvalue weighted by Crippen LogP contribution is -2.58. The van der Waals surface area contributed by atoms with Crippen molar-refractivity contribution >= 4 is 38.8 Å². The molecule has 0 spiro atoms. The van der Waals surface area contributed by atoms with Gasteiger partial charge in [0.2, 0.25) is 21.8 Å². The molecule has 2 saturated carbocycles. The number of hydrogen-bond donors (Lipinski definition) is 2. The van der Waals surface area contributed by atoms with Crippen molar-refractivity contribution in [3.63, 3.8) is 0 Å². The first-order valence-electron chi connectivity index (χ1n) is 18.0. The monoisotopic (exact) mass is 746 g/mol. The standard InChI is InChI=1S/C38H46N6O8S/c1-23-30(51-5)16-15-28-31(23)39-32(24-11-13-26(50-4)14-12-24)40-34(28)52-27-20-29-33(45)41-38(35(46)42-53(48,49)37(2)17-18-37)21-25(38)10-8-6-7-9-19-43(3)36(47)44(29)22-27/h8,10-16,25,27,29H,6-7,9,17-22H2,1-5H3,(H,41,45)(H,42,46)/b10-8-/t25-,27-,29+,38-/m1/s1. The molecule has 4 amide bonds. The van der Waals surface area contributed by atoms with E-state index in [4.69, 9.17) is 24.2 Å². The fourth-order valence-electron chi connectivity index (χ4n) is 7.22. The molecule has 0 unspecified atom stereocenters. The maximum Gasteiger partial charge on any atom is 0.320 e. The quantitative estimate of drug-likeness (QED) is 0.320. The molecule has 0 bridgehead atoms. The summed E-state index contributed by atoms with van der Waals surface area (Å²) < 4.78 is 45.0. The van der Waals surface area contributed by atoms with Gasteiger partial charge in [0.25, 0.3) is 5.91 Å². The van der Waals surface area contributed by atoms with Gasteiger partial charge in [-0.1, -0.05) is 12.2 Å². The van der Waals surface area contributed by atoms with Gasteiger partial charge in [0.05, 0.1) is 36.4 Å². The van der Waals surface area contributed by atoms with E-state index in [9.17, 15) is 22.8 Å². The van der Waals surface area contributed by atoms with Gasteiger partial charge in [0, 0.05) is 37.1 Å². The minimum atomic E-state index is -3.95. The molecule has 282 valence electrons. The van der Waals surface area contributed by atoms with Gasteiger partial charge in [-0.2, -0.15) is 4.98 Å². The van der Waals surface area contributed by atoms with Crippen molar-refractivity contribution in [3.05, 3.63) is 54.1 Å². The summed E-state index contributed by atoms with van der Waals surface area (Å²) in [5, 5.41) is 3.55. The summed E-state index contributed by atoms with van der Waals surface area (Å²) in [6, 6.07) is 9.64. The van der Waals surface area contributed by atoms with Crippen molar-refractivity contribution in [1.29, 1.82) is 0 Å². The molecule has 7 rings (SSSR count). The Morgan fingerprint density at radius 3 is 2.49 bits per heavy atom. The summed E-state index contributed by atoms with van der Waals surface area (Å²) in [6.07, 6.45) is 6.76. The molecule has 3 fully saturated rings. The zero-order chi connectivity index (χ0) is 37.7. The third-order valence-corrected chi connectivity index (χ3v) is 13.3. The van der Waals surface area contributed by atoms with E-state index >= 15 is 0 Å². The number of nitrogens with zero attached hydrogens (tertiary/aromatic N) is 4. The van der Waals surface area contributed by atoms with Gasteiger partial charge < -0.3 is 29.3 Å². The third-order valence-electron chi connectivity index (χ3n) is 11.1. The number of fused-ring (bicyclic) bond motifs is 3. The first kappa shape index (κ1) is 36.4. The van der Waals surface area contributed by atoms with E-state index in [-0.39, 0.29) is 37.2 Å². The molecule has 4 aliphatic rings. The second kappa shape index (κ2) is 13.8. The first-order valence-corrected chi connectivity index (χ1v) is 19.5. The number of methoxy groups -OCH3 is 2. The Bertz CT molecular complexity index is 2090. The van der Waals surface area contributed by atoms with Crippen LogP contribution in [0.2, 0.25) is 0 Å². The number of aromatic nitrogens is 2. The molecular weight excluding hydrogens is 701 g/mol. The zero-order valence-corrected chi connectivity index (χ0v) is 31.5. The Labute approximate surface area is 309 Å². The Morgan fingerprint density at radius 2 is 1.79 bits per heavy atom. The number of urea groups is 1. The molecule has 2 aliphatic heterocycles. The Balaban J connectivity index is 1.21. The van der Waals surface area contributed by atoms with Gasteiger partial charge in [0.1, 0.15) is 29.2 Å². The number of nitrogens with one attached hydrogen (secondary N) is 2. The molecular formula is C38H46N6O8S. The fraction of sp³-hybridized carbons (Fsp3) is 0.500. The van der Waals surface area contributed by atoms with Crippen LogP contribution in [0.25, 0.3) is 22.3 Å². The van der Waals surface area contributed by atoms with Gasteiger partial charge in [-0.15, -0.1) is 0 Å². The summed E-state index contributed by atoms with van der Waals surface area (Å²) >= 11 is 0. The number of carbonyl (C=O) groups excluding carboxylic acids is 3. The summed E-state index contributed by atoms with van der Waals surface area (Å²) in [5.74, 6) is 0.324. The highest BCUT2D eigenvalue weighted by molar-refractivity contribution is 7.91. The van der Waals surface area contributed by atoms with Crippen molar-refractivity contribution in [2.24, 2.45) is 5.92 Å². The van der Waals surface area contributed by atoms with Crippen LogP contribution in [0.4, 0.5) is 4.79 Å². The molecule has 1 saturated heterocycles. The predicted octanol–water partition coefficient (Wildman–Crippen LogP) is 4.11. The van der Waals surface area contributed by atoms with E-state index in [1.54, 1.807) is 33.1 Å². The Morgan fingerprint density at radius 1 is 1.04 bits per heavy atom. The number of amides is 4. The van der Waals surface area contributed by atoms with Crippen molar-refractivity contribution in [2.75, 3.05) is 34.4 Å². The van der Waals surface area contributed by atoms with Gasteiger partial charge >= 0.3 is 6.03 Å². The van der Waals surface area contributed by atoms with Crippen LogP contribution < -0.4 is 24.2 Å². The molecule has 2 aromatic carbocycles. The van der Waals surface area contributed by atoms with Crippen LogP contribution >= 0.6 is 0 Å². The molecule has 2 aliphatic carbocycles. The van der Waals surface area contributed by atoms with Gasteiger partial charge in [-0.3, -0.25) is 14.3 Å². The zero-order valence-electron chi connectivity index (χ0n) is 30.7. The maximum absolute atomic E-state index is 14.3. The smallest absolute Gasteiger partial charge is 0.320 e. The van der Waals surface area contributed by atoms with Crippen LogP contribution in [0.15, 0.2) is 48.6 Å². The minimum Gasteiger partial charge on any atom is -0.497 e. The molecule has 4 atom stereocenters. The highest BCUT2D eigenvalue weighted by Crippen LogP contribution is 2.47. The highest BCUT2D eigenvalue weighted by Gasteiger charge is 2.63. The van der Waals surface area contributed by atoms with Crippen molar-refractivity contribution in [2.45, 2.75) is 81.2 Å². The number of benzene rings is 2. The average Bonchev–Trinajstić information content (AvgIpc) is 4.03. The average molecular weight is 747 g/mol. The van der Waals surface area contributed by atoms with E-state index in [1.165, 1.54) is 4.90 Å². The fourth-order valence-corrected chi connectivity index (χ4v) is 8.53. The lowest BCUT2D eigenvalue weighted by molar-refractivity contribution is -0.131. The summed E-state index contributed by atoms with van der Waals surface area (Å²) in [6.45, 7) is 4.09. The molecule has 3 aromatic rings. The number of hydrogen-bond acceptors (Lipinski definition) is 10. The van der Waals surface area contributed by atoms with Crippen LogP contribution in [0.3, 0.4) is 0 Å². The summed E-state index contributed by atoms with van der Waals surface area (Å²) in [5.41, 5.74) is 0.693. The largest absolute Gasteiger partial charge is 0.497 e. The Hall–Kier alpha value is -4.92. The second-order valence-electron chi connectivity index (χ2n) is 14.8. The second-order valence-corrected chi connectivity index (χ2v) is 17.0. The van der Waals surface area contributed by atoms with Crippen molar-refractivity contribution < 1.29 is 37.0 Å². The molecule has 15 heteroatoms. The molecule has 3 heterocycles. The van der Waals surface area contributed by atoms with Crippen molar-refractivity contribution in [3.8, 4) is 28.8 Å². The molecule has 1 aromatic heterocycles. The lowest BCUT2D eigenvalue weighted by atomic mass is 10.1. The number of ether oxygens (including phenoxy) is 3. The summed E-state index contributed by atoms with van der Waals surface area (Å²) in [4.78, 5) is 54.8. The molecule has 2 N–H and O–H groups in total. The number of carbonyl (C=O) groups is 3. The van der Waals surface area contributed by atoms with Crippen LogP contribution in [-0.2, 0) is 19.6 Å². The van der Waals surface area contributed by atoms with E-state index in [0.717, 1.165) is 30.4 Å². The van der Waals surface area contributed by atoms with Gasteiger partial charge in [-0.05, 0) is 88.8 Å². The minimum absolute atomic E-state index is 0.0784. The summed E-state index contributed by atoms with van der Waals surface area (Å²) in [7, 11) is 0.942. The number of allylic oxidation sites excluding steroid dienone is 1. The maximum atomic E-state index is 14.3. The van der Waals surface area contributed by atoms with E-state index in [2.05, 4.69) is 10.0 Å². The van der Waals surface area contributed by atoms with E-state index < -0.39 is 44.3 Å². The van der Waals surface area contributed by atoms with Crippen molar-refractivity contribution in [1.82, 2.24) is 29.8 Å². The Kier molecular flexibility index (Phi) is 9.49. The van der Waals surface area contributed by atoms with Gasteiger partial charge in [-0.25, -0.2) is 18.2 Å². The number of rotatable bonds is 8. The van der Waals surface area contributed by atoms with Crippen LogP contribution in [0.5, 0.6) is 17.4 Å².